The van der Waals surface area contributed by atoms with Crippen LogP contribution in [0, 0.1) is 13.8 Å². The molecule has 0 fully saturated rings. The van der Waals surface area contributed by atoms with Gasteiger partial charge in [0.2, 0.25) is 11.0 Å². The molecule has 34 heavy (non-hydrogen) atoms. The summed E-state index contributed by atoms with van der Waals surface area (Å²) in [5.74, 6) is -0.663. The van der Waals surface area contributed by atoms with Crippen molar-refractivity contribution < 1.29 is 9.59 Å². The Morgan fingerprint density at radius 1 is 1.09 bits per heavy atom. The topological polar surface area (TPSA) is 119 Å². The molecular formula is C23H24N6O3S2. The van der Waals surface area contributed by atoms with Gasteiger partial charge in [-0.2, -0.15) is 0 Å². The summed E-state index contributed by atoms with van der Waals surface area (Å²) in [5, 5.41) is 15.2. The van der Waals surface area contributed by atoms with Crippen LogP contribution in [0.2, 0.25) is 0 Å². The van der Waals surface area contributed by atoms with Gasteiger partial charge < -0.3 is 5.32 Å². The Hall–Kier alpha value is -3.44. The summed E-state index contributed by atoms with van der Waals surface area (Å²) in [4.78, 5) is 44.6. The zero-order valence-electron chi connectivity index (χ0n) is 19.2. The highest BCUT2D eigenvalue weighted by atomic mass is 32.1. The molecule has 0 spiro atoms. The van der Waals surface area contributed by atoms with E-state index in [4.69, 9.17) is 0 Å². The minimum Gasteiger partial charge on any atom is -0.321 e. The van der Waals surface area contributed by atoms with Gasteiger partial charge in [0.25, 0.3) is 11.5 Å². The Balaban J connectivity index is 1.65. The number of thiophene rings is 1. The van der Waals surface area contributed by atoms with Crippen molar-refractivity contribution in [1.29, 1.82) is 0 Å². The second-order valence-electron chi connectivity index (χ2n) is 7.73. The average molecular weight is 497 g/mol. The van der Waals surface area contributed by atoms with Crippen molar-refractivity contribution in [2.75, 3.05) is 10.6 Å². The van der Waals surface area contributed by atoms with Crippen molar-refractivity contribution in [1.82, 2.24) is 19.7 Å². The number of hydrogen-bond donors (Lipinski definition) is 2. The van der Waals surface area contributed by atoms with E-state index >= 15 is 0 Å². The second kappa shape index (κ2) is 9.82. The third kappa shape index (κ3) is 4.48. The van der Waals surface area contributed by atoms with Gasteiger partial charge in [0, 0.05) is 5.69 Å². The van der Waals surface area contributed by atoms with Crippen molar-refractivity contribution in [3.8, 4) is 0 Å². The molecule has 4 rings (SSSR count). The molecule has 9 nitrogen and oxygen atoms in total. The summed E-state index contributed by atoms with van der Waals surface area (Å²) in [5.41, 5.74) is 1.83. The van der Waals surface area contributed by atoms with Crippen LogP contribution in [0.15, 0.2) is 35.4 Å². The summed E-state index contributed by atoms with van der Waals surface area (Å²) in [7, 11) is 0. The van der Waals surface area contributed by atoms with Gasteiger partial charge in [-0.1, -0.05) is 43.4 Å². The average Bonchev–Trinajstić information content (AvgIpc) is 3.41. The van der Waals surface area contributed by atoms with E-state index in [-0.39, 0.29) is 17.4 Å². The zero-order valence-corrected chi connectivity index (χ0v) is 20.8. The lowest BCUT2D eigenvalue weighted by atomic mass is 10.1. The molecule has 0 saturated carbocycles. The molecular weight excluding hydrogens is 472 g/mol. The molecule has 4 aromatic rings. The van der Waals surface area contributed by atoms with Crippen molar-refractivity contribution in [2.45, 2.75) is 46.6 Å². The number of aryl methyl sites for hydroxylation is 3. The molecule has 11 heteroatoms. The SMILES string of the molecule is CCc1nnc(NC(=O)C(CC)n2cnc3sc(C(=O)Nc4ccccc4C)c(C)c3c2=O)s1. The van der Waals surface area contributed by atoms with E-state index in [1.54, 1.807) is 6.92 Å². The molecule has 1 aromatic carbocycles. The fourth-order valence-corrected chi connectivity index (χ4v) is 5.33. The van der Waals surface area contributed by atoms with Crippen LogP contribution in [-0.2, 0) is 11.2 Å². The number of amides is 2. The van der Waals surface area contributed by atoms with Gasteiger partial charge in [-0.3, -0.25) is 24.3 Å². The molecule has 176 valence electrons. The highest BCUT2D eigenvalue weighted by molar-refractivity contribution is 7.20. The third-order valence-electron chi connectivity index (χ3n) is 5.50. The molecule has 3 aromatic heterocycles. The van der Waals surface area contributed by atoms with E-state index < -0.39 is 6.04 Å². The Bertz CT molecular complexity index is 1440. The highest BCUT2D eigenvalue weighted by Crippen LogP contribution is 2.29. The fourth-order valence-electron chi connectivity index (χ4n) is 3.61. The lowest BCUT2D eigenvalue weighted by Gasteiger charge is -2.16. The van der Waals surface area contributed by atoms with Crippen LogP contribution >= 0.6 is 22.7 Å². The molecule has 1 atom stereocenters. The van der Waals surface area contributed by atoms with Crippen LogP contribution in [0.25, 0.3) is 10.2 Å². The van der Waals surface area contributed by atoms with Crippen LogP contribution in [0.1, 0.15) is 52.1 Å². The molecule has 0 bridgehead atoms. The van der Waals surface area contributed by atoms with E-state index in [2.05, 4.69) is 25.8 Å². The van der Waals surface area contributed by atoms with Gasteiger partial charge in [-0.05, 0) is 43.9 Å². The smallest absolute Gasteiger partial charge is 0.266 e. The molecule has 2 amide bonds. The van der Waals surface area contributed by atoms with E-state index in [0.717, 1.165) is 28.3 Å². The van der Waals surface area contributed by atoms with Crippen molar-refractivity contribution >= 4 is 55.5 Å². The maximum absolute atomic E-state index is 13.4. The summed E-state index contributed by atoms with van der Waals surface area (Å²) in [6.45, 7) is 7.42. The van der Waals surface area contributed by atoms with Gasteiger partial charge in [-0.25, -0.2) is 4.98 Å². The van der Waals surface area contributed by atoms with Gasteiger partial charge >= 0.3 is 0 Å². The molecule has 2 N–H and O–H groups in total. The molecule has 0 saturated heterocycles. The third-order valence-corrected chi connectivity index (χ3v) is 7.68. The number of benzene rings is 1. The first kappa shape index (κ1) is 23.7. The van der Waals surface area contributed by atoms with Crippen LogP contribution in [0.3, 0.4) is 0 Å². The monoisotopic (exact) mass is 496 g/mol. The van der Waals surface area contributed by atoms with Crippen LogP contribution in [-0.4, -0.2) is 31.6 Å². The van der Waals surface area contributed by atoms with Gasteiger partial charge in [0.1, 0.15) is 15.9 Å². The summed E-state index contributed by atoms with van der Waals surface area (Å²) in [6, 6.07) is 6.71. The van der Waals surface area contributed by atoms with Crippen LogP contribution in [0.5, 0.6) is 0 Å². The number of carbonyl (C=O) groups is 2. The minimum absolute atomic E-state index is 0.298. The number of para-hydroxylation sites is 1. The van der Waals surface area contributed by atoms with Crippen molar-refractivity contribution in [3.05, 3.63) is 62.0 Å². The largest absolute Gasteiger partial charge is 0.321 e. The number of rotatable bonds is 7. The standard InChI is InChI=1S/C23H24N6O3S2/c1-5-15(19(30)26-23-28-27-16(6-2)33-23)29-11-24-21-17(22(29)32)13(4)18(34-21)20(31)25-14-10-8-7-9-12(14)3/h7-11,15H,5-6H2,1-4H3,(H,25,31)(H,26,28,30). The summed E-state index contributed by atoms with van der Waals surface area (Å²) < 4.78 is 1.32. The molecule has 0 aliphatic heterocycles. The molecule has 0 radical (unpaired) electrons. The van der Waals surface area contributed by atoms with E-state index in [9.17, 15) is 14.4 Å². The van der Waals surface area contributed by atoms with Crippen LogP contribution in [0.4, 0.5) is 10.8 Å². The quantitative estimate of drug-likeness (QED) is 0.393. The van der Waals surface area contributed by atoms with Gasteiger partial charge in [-0.15, -0.1) is 21.5 Å². The van der Waals surface area contributed by atoms with E-state index in [0.29, 0.717) is 37.9 Å². The van der Waals surface area contributed by atoms with E-state index in [1.165, 1.54) is 22.2 Å². The zero-order chi connectivity index (χ0) is 24.4. The van der Waals surface area contributed by atoms with Crippen molar-refractivity contribution in [2.24, 2.45) is 0 Å². The summed E-state index contributed by atoms with van der Waals surface area (Å²) in [6.07, 6.45) is 2.47. The Kier molecular flexibility index (Phi) is 6.85. The fraction of sp³-hybridized carbons (Fsp3) is 0.304. The number of aromatic nitrogens is 4. The van der Waals surface area contributed by atoms with Crippen LogP contribution < -0.4 is 16.2 Å². The maximum Gasteiger partial charge on any atom is 0.266 e. The van der Waals surface area contributed by atoms with Gasteiger partial charge in [0.15, 0.2) is 0 Å². The maximum atomic E-state index is 13.4. The highest BCUT2D eigenvalue weighted by Gasteiger charge is 2.25. The number of carbonyl (C=O) groups excluding carboxylic acids is 2. The number of anilines is 2. The molecule has 3 heterocycles. The first-order chi connectivity index (χ1) is 16.3. The number of fused-ring (bicyclic) bond motifs is 1. The molecule has 1 unspecified atom stereocenters. The lowest BCUT2D eigenvalue weighted by molar-refractivity contribution is -0.119. The number of hydrogen-bond acceptors (Lipinski definition) is 8. The predicted octanol–water partition coefficient (Wildman–Crippen LogP) is 4.33. The number of nitrogens with one attached hydrogen (secondary N) is 2. The first-order valence-corrected chi connectivity index (χ1v) is 12.5. The Morgan fingerprint density at radius 2 is 1.85 bits per heavy atom. The second-order valence-corrected chi connectivity index (χ2v) is 9.79. The molecule has 0 aliphatic carbocycles. The molecule has 0 aliphatic rings. The van der Waals surface area contributed by atoms with Crippen molar-refractivity contribution in [3.63, 3.8) is 0 Å². The predicted molar refractivity (Wildman–Crippen MR) is 135 cm³/mol. The Labute approximate surface area is 203 Å². The lowest BCUT2D eigenvalue weighted by Crippen LogP contribution is -2.33. The first-order valence-electron chi connectivity index (χ1n) is 10.8. The minimum atomic E-state index is -0.776. The Morgan fingerprint density at radius 3 is 2.53 bits per heavy atom. The summed E-state index contributed by atoms with van der Waals surface area (Å²) >= 11 is 2.46. The van der Waals surface area contributed by atoms with E-state index in [1.807, 2.05) is 45.0 Å². The van der Waals surface area contributed by atoms with Gasteiger partial charge in [0.05, 0.1) is 16.6 Å². The number of nitrogens with zero attached hydrogens (tertiary/aromatic N) is 4. The normalized spacial score (nSPS) is 12.0.